The third kappa shape index (κ3) is 3.72. The number of aryl methyl sites for hydroxylation is 1. The molecule has 0 bridgehead atoms. The zero-order valence-corrected chi connectivity index (χ0v) is 17.3. The Morgan fingerprint density at radius 2 is 2.05 bits per heavy atom. The van der Waals surface area contributed by atoms with Crippen LogP contribution in [0.4, 0.5) is 5.82 Å². The second-order valence-electron chi connectivity index (χ2n) is 4.17. The summed E-state index contributed by atoms with van der Waals surface area (Å²) in [7, 11) is 0. The van der Waals surface area contributed by atoms with Crippen LogP contribution in [0.2, 0.25) is 0 Å². The molecular weight excluding hydrogens is 517 g/mol. The van der Waals surface area contributed by atoms with Crippen molar-refractivity contribution in [2.24, 2.45) is 0 Å². The molecule has 3 nitrogen and oxygen atoms in total. The van der Waals surface area contributed by atoms with E-state index in [9.17, 15) is 0 Å². The number of hydrogen-bond acceptors (Lipinski definition) is 4. The van der Waals surface area contributed by atoms with Gasteiger partial charge in [-0.3, -0.25) is 0 Å². The molecule has 108 valence electrons. The highest BCUT2D eigenvalue weighted by Gasteiger charge is 2.15. The summed E-state index contributed by atoms with van der Waals surface area (Å²) in [6.07, 6.45) is 2.05. The number of rotatable bonds is 5. The van der Waals surface area contributed by atoms with E-state index in [0.717, 1.165) is 53.4 Å². The van der Waals surface area contributed by atoms with Crippen LogP contribution in [0.3, 0.4) is 0 Å². The summed E-state index contributed by atoms with van der Waals surface area (Å²) in [5.41, 5.74) is 1.12. The molecule has 0 atom stereocenters. The van der Waals surface area contributed by atoms with Gasteiger partial charge in [-0.05, 0) is 73.9 Å². The van der Waals surface area contributed by atoms with Crippen LogP contribution < -0.4 is 5.32 Å². The molecule has 0 aliphatic rings. The molecule has 2 rings (SSSR count). The highest BCUT2D eigenvalue weighted by atomic mass is 127. The van der Waals surface area contributed by atoms with Crippen molar-refractivity contribution in [3.8, 4) is 10.7 Å². The lowest BCUT2D eigenvalue weighted by Gasteiger charge is -2.11. The van der Waals surface area contributed by atoms with Gasteiger partial charge in [-0.2, -0.15) is 0 Å². The van der Waals surface area contributed by atoms with E-state index in [1.807, 2.05) is 0 Å². The Morgan fingerprint density at radius 3 is 2.60 bits per heavy atom. The predicted molar refractivity (Wildman–Crippen MR) is 102 cm³/mol. The molecule has 2 heterocycles. The van der Waals surface area contributed by atoms with Gasteiger partial charge in [0.05, 0.1) is 17.9 Å². The standard InChI is InChI=1S/C13H14Br2IN3S/c1-3-5-8-10(16)13(17-4-2)19-12(18-8)9-6-7(14)11(15)20-9/h6H,3-5H2,1-2H3,(H,17,18,19). The first-order valence-electron chi connectivity index (χ1n) is 6.32. The first-order valence-corrected chi connectivity index (χ1v) is 9.80. The lowest BCUT2D eigenvalue weighted by molar-refractivity contribution is 0.867. The molecule has 2 aromatic heterocycles. The van der Waals surface area contributed by atoms with Crippen LogP contribution >= 0.6 is 65.8 Å². The van der Waals surface area contributed by atoms with Gasteiger partial charge >= 0.3 is 0 Å². The zero-order chi connectivity index (χ0) is 14.7. The van der Waals surface area contributed by atoms with Gasteiger partial charge in [-0.25, -0.2) is 9.97 Å². The van der Waals surface area contributed by atoms with Gasteiger partial charge in [0, 0.05) is 11.0 Å². The van der Waals surface area contributed by atoms with Crippen molar-refractivity contribution < 1.29 is 0 Å². The summed E-state index contributed by atoms with van der Waals surface area (Å²) in [6.45, 7) is 5.11. The van der Waals surface area contributed by atoms with Crippen LogP contribution in [-0.4, -0.2) is 16.5 Å². The SMILES string of the molecule is CCCc1nc(-c2cc(Br)c(Br)s2)nc(NCC)c1I. The summed E-state index contributed by atoms with van der Waals surface area (Å²) in [6, 6.07) is 2.06. The molecule has 1 N–H and O–H groups in total. The van der Waals surface area contributed by atoms with Crippen molar-refractivity contribution in [3.05, 3.63) is 23.6 Å². The number of anilines is 1. The summed E-state index contributed by atoms with van der Waals surface area (Å²) < 4.78 is 3.24. The fraction of sp³-hybridized carbons (Fsp3) is 0.385. The first-order chi connectivity index (χ1) is 9.56. The van der Waals surface area contributed by atoms with E-state index in [4.69, 9.17) is 4.98 Å². The van der Waals surface area contributed by atoms with Crippen molar-refractivity contribution >= 4 is 71.6 Å². The van der Waals surface area contributed by atoms with E-state index in [1.54, 1.807) is 11.3 Å². The van der Waals surface area contributed by atoms with Crippen LogP contribution in [0.5, 0.6) is 0 Å². The molecule has 0 aliphatic carbocycles. The third-order valence-electron chi connectivity index (χ3n) is 2.62. The van der Waals surface area contributed by atoms with Crippen molar-refractivity contribution in [2.45, 2.75) is 26.7 Å². The normalized spacial score (nSPS) is 10.8. The fourth-order valence-electron chi connectivity index (χ4n) is 1.75. The van der Waals surface area contributed by atoms with Crippen molar-refractivity contribution in [2.75, 3.05) is 11.9 Å². The number of aromatic nitrogens is 2. The van der Waals surface area contributed by atoms with Gasteiger partial charge in [0.15, 0.2) is 5.82 Å². The molecule has 7 heteroatoms. The molecule has 0 aliphatic heterocycles. The maximum Gasteiger partial charge on any atom is 0.172 e. The molecule has 20 heavy (non-hydrogen) atoms. The predicted octanol–water partition coefficient (Wildman–Crippen LogP) is 5.72. The maximum atomic E-state index is 4.74. The molecule has 0 unspecified atom stereocenters. The number of thiophene rings is 1. The topological polar surface area (TPSA) is 37.8 Å². The van der Waals surface area contributed by atoms with Crippen LogP contribution in [0.1, 0.15) is 26.0 Å². The van der Waals surface area contributed by atoms with Gasteiger partial charge in [0.1, 0.15) is 5.82 Å². The molecule has 0 fully saturated rings. The monoisotopic (exact) mass is 529 g/mol. The molecule has 0 saturated carbocycles. The second kappa shape index (κ2) is 7.51. The van der Waals surface area contributed by atoms with E-state index in [2.05, 4.69) is 84.7 Å². The lowest BCUT2D eigenvalue weighted by atomic mass is 10.2. The molecule has 0 spiro atoms. The molecule has 0 aromatic carbocycles. The summed E-state index contributed by atoms with van der Waals surface area (Å²) in [4.78, 5) is 10.5. The smallest absolute Gasteiger partial charge is 0.172 e. The summed E-state index contributed by atoms with van der Waals surface area (Å²) in [5, 5.41) is 3.33. The minimum absolute atomic E-state index is 0.793. The minimum Gasteiger partial charge on any atom is -0.369 e. The van der Waals surface area contributed by atoms with Crippen LogP contribution in [0.15, 0.2) is 14.3 Å². The minimum atomic E-state index is 0.793. The van der Waals surface area contributed by atoms with Gasteiger partial charge in [0.2, 0.25) is 0 Å². The second-order valence-corrected chi connectivity index (χ2v) is 8.47. The van der Waals surface area contributed by atoms with Gasteiger partial charge < -0.3 is 5.32 Å². The summed E-state index contributed by atoms with van der Waals surface area (Å²) >= 11 is 11.0. The van der Waals surface area contributed by atoms with E-state index in [-0.39, 0.29) is 0 Å². The van der Waals surface area contributed by atoms with Crippen molar-refractivity contribution in [1.29, 1.82) is 0 Å². The van der Waals surface area contributed by atoms with Crippen LogP contribution in [0.25, 0.3) is 10.7 Å². The molecule has 0 amide bonds. The number of halogens is 3. The highest BCUT2D eigenvalue weighted by Crippen LogP contribution is 2.37. The highest BCUT2D eigenvalue weighted by molar-refractivity contribution is 14.1. The van der Waals surface area contributed by atoms with E-state index in [1.165, 1.54) is 0 Å². The van der Waals surface area contributed by atoms with Gasteiger partial charge in [-0.15, -0.1) is 11.3 Å². The number of nitrogens with one attached hydrogen (secondary N) is 1. The average molecular weight is 531 g/mol. The Labute approximate surface area is 153 Å². The largest absolute Gasteiger partial charge is 0.369 e. The van der Waals surface area contributed by atoms with Gasteiger partial charge in [0.25, 0.3) is 0 Å². The first kappa shape index (κ1) is 16.6. The Bertz CT molecular complexity index is 569. The lowest BCUT2D eigenvalue weighted by Crippen LogP contribution is -2.07. The zero-order valence-electron chi connectivity index (χ0n) is 11.1. The Balaban J connectivity index is 2.52. The van der Waals surface area contributed by atoms with Crippen LogP contribution in [0, 0.1) is 3.57 Å². The third-order valence-corrected chi connectivity index (χ3v) is 7.00. The Morgan fingerprint density at radius 1 is 1.30 bits per heavy atom. The summed E-state index contributed by atoms with van der Waals surface area (Å²) in [5.74, 6) is 1.73. The fourth-order valence-corrected chi connectivity index (χ4v) is 4.42. The average Bonchev–Trinajstić information content (AvgIpc) is 2.75. The van der Waals surface area contributed by atoms with Gasteiger partial charge in [-0.1, -0.05) is 13.3 Å². The molecule has 0 radical (unpaired) electrons. The quantitative estimate of drug-likeness (QED) is 0.503. The molecule has 0 saturated heterocycles. The van der Waals surface area contributed by atoms with E-state index in [0.29, 0.717) is 0 Å². The van der Waals surface area contributed by atoms with E-state index < -0.39 is 0 Å². The maximum absolute atomic E-state index is 4.74. The van der Waals surface area contributed by atoms with E-state index >= 15 is 0 Å². The van der Waals surface area contributed by atoms with Crippen molar-refractivity contribution in [1.82, 2.24) is 9.97 Å². The number of hydrogen-bond donors (Lipinski definition) is 1. The number of nitrogens with zero attached hydrogens (tertiary/aromatic N) is 2. The Hall–Kier alpha value is 0.270. The Kier molecular flexibility index (Phi) is 6.25. The van der Waals surface area contributed by atoms with Crippen molar-refractivity contribution in [3.63, 3.8) is 0 Å². The van der Waals surface area contributed by atoms with Crippen LogP contribution in [-0.2, 0) is 6.42 Å². The molecular formula is C13H14Br2IN3S. The molecule has 2 aromatic rings.